The fourth-order valence-electron chi connectivity index (χ4n) is 1.86. The molecule has 3 aromatic rings. The van der Waals surface area contributed by atoms with Crippen LogP contribution in [0.2, 0.25) is 0 Å². The lowest BCUT2D eigenvalue weighted by Gasteiger charge is -2.10. The van der Waals surface area contributed by atoms with Crippen molar-refractivity contribution in [3.8, 4) is 5.82 Å². The zero-order valence-electron chi connectivity index (χ0n) is 10.5. The van der Waals surface area contributed by atoms with E-state index >= 15 is 0 Å². The Bertz CT molecular complexity index is 655. The highest BCUT2D eigenvalue weighted by atomic mass is 15.3. The molecule has 19 heavy (non-hydrogen) atoms. The van der Waals surface area contributed by atoms with Crippen molar-refractivity contribution in [3.05, 3.63) is 54.5 Å². The molecule has 3 rings (SSSR count). The average Bonchev–Trinajstić information content (AvgIpc) is 3.08. The molecule has 0 unspecified atom stereocenters. The zero-order chi connectivity index (χ0) is 13.1. The maximum absolute atomic E-state index is 4.35. The molecule has 2 N–H and O–H groups in total. The van der Waals surface area contributed by atoms with E-state index in [0.29, 0.717) is 6.54 Å². The van der Waals surface area contributed by atoms with Gasteiger partial charge < -0.3 is 10.3 Å². The van der Waals surface area contributed by atoms with Crippen LogP contribution in [0.4, 0.5) is 5.69 Å². The van der Waals surface area contributed by atoms with Crippen molar-refractivity contribution in [1.82, 2.24) is 24.7 Å². The monoisotopic (exact) mass is 254 g/mol. The molecule has 0 bridgehead atoms. The van der Waals surface area contributed by atoms with E-state index in [1.54, 1.807) is 23.4 Å². The lowest BCUT2D eigenvalue weighted by Crippen LogP contribution is -2.07. The van der Waals surface area contributed by atoms with E-state index in [-0.39, 0.29) is 0 Å². The number of aryl methyl sites for hydroxylation is 1. The molecule has 0 saturated carbocycles. The van der Waals surface area contributed by atoms with Crippen LogP contribution in [-0.2, 0) is 6.54 Å². The number of imidazole rings is 1. The van der Waals surface area contributed by atoms with E-state index in [1.165, 1.54) is 0 Å². The van der Waals surface area contributed by atoms with E-state index in [2.05, 4.69) is 25.4 Å². The number of aromatic nitrogens is 5. The Kier molecular flexibility index (Phi) is 2.97. The number of anilines is 1. The molecule has 0 amide bonds. The highest BCUT2D eigenvalue weighted by Crippen LogP contribution is 2.17. The highest BCUT2D eigenvalue weighted by Gasteiger charge is 2.07. The van der Waals surface area contributed by atoms with E-state index in [0.717, 1.165) is 22.9 Å². The van der Waals surface area contributed by atoms with Crippen molar-refractivity contribution in [2.45, 2.75) is 13.5 Å². The largest absolute Gasteiger partial charge is 0.376 e. The number of nitrogens with one attached hydrogen (secondary N) is 2. The molecule has 0 fully saturated rings. The van der Waals surface area contributed by atoms with Crippen LogP contribution < -0.4 is 5.32 Å². The summed E-state index contributed by atoms with van der Waals surface area (Å²) in [4.78, 5) is 11.7. The number of hydrogen-bond acceptors (Lipinski definition) is 4. The summed E-state index contributed by atoms with van der Waals surface area (Å²) in [7, 11) is 0. The first-order valence-electron chi connectivity index (χ1n) is 6.02. The van der Waals surface area contributed by atoms with Crippen molar-refractivity contribution in [2.24, 2.45) is 0 Å². The number of H-pyrrole nitrogens is 1. The van der Waals surface area contributed by atoms with Gasteiger partial charge in [-0.15, -0.1) is 0 Å². The molecule has 0 radical (unpaired) electrons. The molecule has 6 heteroatoms. The van der Waals surface area contributed by atoms with Crippen LogP contribution in [0.1, 0.15) is 11.4 Å². The third-order valence-corrected chi connectivity index (χ3v) is 2.89. The molecule has 0 aliphatic heterocycles. The smallest absolute Gasteiger partial charge is 0.176 e. The van der Waals surface area contributed by atoms with Gasteiger partial charge >= 0.3 is 0 Å². The number of hydrogen-bond donors (Lipinski definition) is 2. The quantitative estimate of drug-likeness (QED) is 0.746. The van der Waals surface area contributed by atoms with Crippen LogP contribution in [-0.4, -0.2) is 24.7 Å². The van der Waals surface area contributed by atoms with Gasteiger partial charge in [0.1, 0.15) is 0 Å². The van der Waals surface area contributed by atoms with Crippen molar-refractivity contribution in [1.29, 1.82) is 0 Å². The van der Waals surface area contributed by atoms with Gasteiger partial charge in [0, 0.05) is 24.3 Å². The Morgan fingerprint density at radius 2 is 2.21 bits per heavy atom. The van der Waals surface area contributed by atoms with Gasteiger partial charge in [0.15, 0.2) is 5.82 Å². The SMILES string of the molecule is Cc1[nH]cnc1CNc1cccnc1-n1cccn1. The Hall–Kier alpha value is -2.63. The summed E-state index contributed by atoms with van der Waals surface area (Å²) < 4.78 is 1.74. The topological polar surface area (TPSA) is 71.4 Å². The van der Waals surface area contributed by atoms with Crippen LogP contribution in [0, 0.1) is 6.92 Å². The Morgan fingerprint density at radius 1 is 1.26 bits per heavy atom. The van der Waals surface area contributed by atoms with E-state index in [9.17, 15) is 0 Å². The fourth-order valence-corrected chi connectivity index (χ4v) is 1.86. The van der Waals surface area contributed by atoms with E-state index in [4.69, 9.17) is 0 Å². The van der Waals surface area contributed by atoms with Gasteiger partial charge in [-0.1, -0.05) is 0 Å². The molecule has 3 heterocycles. The van der Waals surface area contributed by atoms with Gasteiger partial charge in [0.2, 0.25) is 0 Å². The second-order valence-corrected chi connectivity index (χ2v) is 4.15. The molecule has 0 aliphatic rings. The van der Waals surface area contributed by atoms with Crippen molar-refractivity contribution < 1.29 is 0 Å². The predicted octanol–water partition coefficient (Wildman–Crippen LogP) is 1.91. The summed E-state index contributed by atoms with van der Waals surface area (Å²) >= 11 is 0. The molecule has 3 aromatic heterocycles. The van der Waals surface area contributed by atoms with E-state index < -0.39 is 0 Å². The van der Waals surface area contributed by atoms with Gasteiger partial charge in [-0.05, 0) is 25.1 Å². The van der Waals surface area contributed by atoms with Gasteiger partial charge in [0.05, 0.1) is 24.3 Å². The lowest BCUT2D eigenvalue weighted by molar-refractivity contribution is 0.845. The minimum atomic E-state index is 0.648. The first-order chi connectivity index (χ1) is 9.34. The van der Waals surface area contributed by atoms with Gasteiger partial charge in [-0.2, -0.15) is 5.10 Å². The molecule has 6 nitrogen and oxygen atoms in total. The molecular formula is C13H14N6. The maximum Gasteiger partial charge on any atom is 0.176 e. The zero-order valence-corrected chi connectivity index (χ0v) is 10.5. The maximum atomic E-state index is 4.35. The predicted molar refractivity (Wildman–Crippen MR) is 72.0 cm³/mol. The summed E-state index contributed by atoms with van der Waals surface area (Å²) in [6, 6.07) is 5.75. The van der Waals surface area contributed by atoms with Crippen molar-refractivity contribution in [3.63, 3.8) is 0 Å². The molecule has 0 aromatic carbocycles. The van der Waals surface area contributed by atoms with Gasteiger partial charge in [-0.25, -0.2) is 14.6 Å². The molecule has 0 spiro atoms. The van der Waals surface area contributed by atoms with Crippen LogP contribution >= 0.6 is 0 Å². The van der Waals surface area contributed by atoms with Gasteiger partial charge in [-0.3, -0.25) is 0 Å². The summed E-state index contributed by atoms with van der Waals surface area (Å²) in [5.74, 6) is 0.778. The minimum absolute atomic E-state index is 0.648. The second-order valence-electron chi connectivity index (χ2n) is 4.15. The Morgan fingerprint density at radius 3 is 2.95 bits per heavy atom. The number of pyridine rings is 1. The Labute approximate surface area is 110 Å². The normalized spacial score (nSPS) is 10.6. The lowest BCUT2D eigenvalue weighted by atomic mass is 10.3. The molecule has 96 valence electrons. The standard InChI is InChI=1S/C13H14N6/c1-10-12(17-9-16-10)8-15-11-4-2-5-14-13(11)19-7-3-6-18-19/h2-7,9,15H,8H2,1H3,(H,16,17). The first-order valence-corrected chi connectivity index (χ1v) is 6.02. The average molecular weight is 254 g/mol. The summed E-state index contributed by atoms with van der Waals surface area (Å²) in [5, 5.41) is 7.54. The molecule has 0 saturated heterocycles. The van der Waals surface area contributed by atoms with Crippen LogP contribution in [0.5, 0.6) is 0 Å². The van der Waals surface area contributed by atoms with Crippen LogP contribution in [0.15, 0.2) is 43.1 Å². The third-order valence-electron chi connectivity index (χ3n) is 2.89. The van der Waals surface area contributed by atoms with Crippen LogP contribution in [0.3, 0.4) is 0 Å². The Balaban J connectivity index is 1.84. The molecule has 0 atom stereocenters. The van der Waals surface area contributed by atoms with Gasteiger partial charge in [0.25, 0.3) is 0 Å². The number of rotatable bonds is 4. The molecule has 0 aliphatic carbocycles. The first kappa shape index (κ1) is 11.5. The highest BCUT2D eigenvalue weighted by molar-refractivity contribution is 5.56. The third kappa shape index (κ3) is 2.33. The summed E-state index contributed by atoms with van der Waals surface area (Å²) in [6.07, 6.45) is 7.05. The minimum Gasteiger partial charge on any atom is -0.376 e. The van der Waals surface area contributed by atoms with E-state index in [1.807, 2.05) is 31.3 Å². The van der Waals surface area contributed by atoms with Crippen molar-refractivity contribution >= 4 is 5.69 Å². The second kappa shape index (κ2) is 4.93. The summed E-state index contributed by atoms with van der Waals surface area (Å²) in [6.45, 7) is 2.65. The summed E-state index contributed by atoms with van der Waals surface area (Å²) in [5.41, 5.74) is 2.99. The van der Waals surface area contributed by atoms with Crippen molar-refractivity contribution in [2.75, 3.05) is 5.32 Å². The number of nitrogens with zero attached hydrogens (tertiary/aromatic N) is 4. The molecular weight excluding hydrogens is 240 g/mol. The van der Waals surface area contributed by atoms with Crippen LogP contribution in [0.25, 0.3) is 5.82 Å². The fraction of sp³-hybridized carbons (Fsp3) is 0.154. The number of aromatic amines is 1.